The second-order valence-electron chi connectivity index (χ2n) is 6.72. The van der Waals surface area contributed by atoms with E-state index in [1.807, 2.05) is 25.4 Å². The number of ether oxygens (including phenoxy) is 1. The summed E-state index contributed by atoms with van der Waals surface area (Å²) >= 11 is 0. The molecule has 0 spiro atoms. The molecule has 1 atom stereocenters. The molecule has 4 rings (SSSR count). The van der Waals surface area contributed by atoms with Gasteiger partial charge in [0.05, 0.1) is 29.9 Å². The molecule has 7 heteroatoms. The Hall–Kier alpha value is -2.12. The highest BCUT2D eigenvalue weighted by Crippen LogP contribution is 2.22. The first-order chi connectivity index (χ1) is 12.3. The lowest BCUT2D eigenvalue weighted by Gasteiger charge is -2.32. The van der Waals surface area contributed by atoms with Crippen molar-refractivity contribution in [2.75, 3.05) is 37.7 Å². The van der Waals surface area contributed by atoms with Crippen LogP contribution in [-0.2, 0) is 11.3 Å². The summed E-state index contributed by atoms with van der Waals surface area (Å²) in [7, 11) is 0. The maximum atomic E-state index is 5.89. The first-order valence-corrected chi connectivity index (χ1v) is 8.97. The van der Waals surface area contributed by atoms with Crippen LogP contribution < -0.4 is 4.90 Å². The summed E-state index contributed by atoms with van der Waals surface area (Å²) in [6.07, 6.45) is 7.93. The zero-order valence-electron chi connectivity index (χ0n) is 14.6. The minimum atomic E-state index is -0.0262. The van der Waals surface area contributed by atoms with E-state index >= 15 is 0 Å². The van der Waals surface area contributed by atoms with Gasteiger partial charge in [-0.25, -0.2) is 9.97 Å². The predicted octanol–water partition coefficient (Wildman–Crippen LogP) is 1.75. The number of aryl methyl sites for hydroxylation is 1. The van der Waals surface area contributed by atoms with Gasteiger partial charge >= 0.3 is 0 Å². The lowest BCUT2D eigenvalue weighted by atomic mass is 10.2. The summed E-state index contributed by atoms with van der Waals surface area (Å²) in [6.45, 7) is 7.29. The Bertz CT molecular complexity index is 701. The Balaban J connectivity index is 1.42. The van der Waals surface area contributed by atoms with Gasteiger partial charge in [0.1, 0.15) is 6.10 Å². The molecule has 0 aliphatic carbocycles. The van der Waals surface area contributed by atoms with Gasteiger partial charge in [-0.15, -0.1) is 0 Å². The molecule has 2 aromatic rings. The van der Waals surface area contributed by atoms with Crippen LogP contribution in [0.2, 0.25) is 0 Å². The van der Waals surface area contributed by atoms with Gasteiger partial charge in [0, 0.05) is 45.1 Å². The highest BCUT2D eigenvalue weighted by atomic mass is 16.5. The molecule has 2 aliphatic rings. The second kappa shape index (κ2) is 7.41. The van der Waals surface area contributed by atoms with Crippen LogP contribution in [0, 0.1) is 6.92 Å². The van der Waals surface area contributed by atoms with Crippen molar-refractivity contribution in [1.29, 1.82) is 0 Å². The molecule has 2 saturated heterocycles. The fourth-order valence-corrected chi connectivity index (χ4v) is 3.37. The fraction of sp³-hybridized carbons (Fsp3) is 0.556. The number of rotatable bonds is 4. The Kier molecular flexibility index (Phi) is 4.85. The fourth-order valence-electron chi connectivity index (χ4n) is 3.37. The van der Waals surface area contributed by atoms with Crippen LogP contribution in [0.1, 0.15) is 36.0 Å². The number of hydrogen-bond donors (Lipinski definition) is 0. The first kappa shape index (κ1) is 16.4. The van der Waals surface area contributed by atoms with Crippen LogP contribution in [0.15, 0.2) is 24.7 Å². The third kappa shape index (κ3) is 3.93. The van der Waals surface area contributed by atoms with E-state index in [0.717, 1.165) is 55.8 Å². The molecule has 7 nitrogen and oxygen atoms in total. The SMILES string of the molecule is Cc1cnc([C@H]2CN(Cc3ccnc(N4CCCC4)n3)CCO2)cn1. The topological polar surface area (TPSA) is 67.3 Å². The maximum Gasteiger partial charge on any atom is 0.225 e. The molecule has 0 aromatic carbocycles. The molecule has 2 aromatic heterocycles. The van der Waals surface area contributed by atoms with Crippen molar-refractivity contribution in [3.63, 3.8) is 0 Å². The van der Waals surface area contributed by atoms with Gasteiger partial charge in [-0.05, 0) is 25.8 Å². The molecule has 25 heavy (non-hydrogen) atoms. The predicted molar refractivity (Wildman–Crippen MR) is 94.2 cm³/mol. The molecule has 0 radical (unpaired) electrons. The van der Waals surface area contributed by atoms with Crippen molar-refractivity contribution in [3.8, 4) is 0 Å². The van der Waals surface area contributed by atoms with Gasteiger partial charge in [-0.3, -0.25) is 14.9 Å². The summed E-state index contributed by atoms with van der Waals surface area (Å²) < 4.78 is 5.89. The van der Waals surface area contributed by atoms with Gasteiger partial charge in [0.15, 0.2) is 0 Å². The number of hydrogen-bond acceptors (Lipinski definition) is 7. The summed E-state index contributed by atoms with van der Waals surface area (Å²) in [5.41, 5.74) is 2.88. The van der Waals surface area contributed by atoms with Crippen molar-refractivity contribution < 1.29 is 4.74 Å². The van der Waals surface area contributed by atoms with E-state index < -0.39 is 0 Å². The lowest BCUT2D eigenvalue weighted by molar-refractivity contribution is -0.0355. The van der Waals surface area contributed by atoms with Crippen molar-refractivity contribution in [1.82, 2.24) is 24.8 Å². The van der Waals surface area contributed by atoms with E-state index in [4.69, 9.17) is 9.72 Å². The zero-order chi connectivity index (χ0) is 17.1. The molecular weight excluding hydrogens is 316 g/mol. The number of anilines is 1. The Morgan fingerprint density at radius 1 is 1.12 bits per heavy atom. The van der Waals surface area contributed by atoms with Crippen molar-refractivity contribution in [2.45, 2.75) is 32.4 Å². The molecule has 0 amide bonds. The van der Waals surface area contributed by atoms with E-state index in [2.05, 4.69) is 24.8 Å². The Morgan fingerprint density at radius 3 is 2.80 bits per heavy atom. The van der Waals surface area contributed by atoms with Gasteiger partial charge in [0.25, 0.3) is 0 Å². The average Bonchev–Trinajstić information content (AvgIpc) is 3.18. The van der Waals surface area contributed by atoms with E-state index in [9.17, 15) is 0 Å². The molecule has 0 unspecified atom stereocenters. The monoisotopic (exact) mass is 340 g/mol. The molecular formula is C18H24N6O. The van der Waals surface area contributed by atoms with E-state index in [0.29, 0.717) is 6.61 Å². The molecule has 2 aliphatic heterocycles. The van der Waals surface area contributed by atoms with Gasteiger partial charge in [-0.1, -0.05) is 0 Å². The average molecular weight is 340 g/mol. The van der Waals surface area contributed by atoms with Crippen LogP contribution in [0.25, 0.3) is 0 Å². The van der Waals surface area contributed by atoms with Crippen molar-refractivity contribution in [2.24, 2.45) is 0 Å². The highest BCUT2D eigenvalue weighted by Gasteiger charge is 2.24. The third-order valence-corrected chi connectivity index (χ3v) is 4.76. The largest absolute Gasteiger partial charge is 0.369 e. The highest BCUT2D eigenvalue weighted by molar-refractivity contribution is 5.31. The molecule has 0 N–H and O–H groups in total. The standard InChI is InChI=1S/C18H24N6O/c1-14-10-21-16(11-20-14)17-13-23(8-9-25-17)12-15-4-5-19-18(22-15)24-6-2-3-7-24/h4-5,10-11,17H,2-3,6-9,12-13H2,1H3/t17-/m1/s1. The lowest BCUT2D eigenvalue weighted by Crippen LogP contribution is -2.38. The maximum absolute atomic E-state index is 5.89. The molecule has 0 bridgehead atoms. The van der Waals surface area contributed by atoms with Crippen LogP contribution in [0.4, 0.5) is 5.95 Å². The van der Waals surface area contributed by atoms with Crippen LogP contribution in [0.5, 0.6) is 0 Å². The van der Waals surface area contributed by atoms with Crippen molar-refractivity contribution in [3.05, 3.63) is 41.7 Å². The summed E-state index contributed by atoms with van der Waals surface area (Å²) in [5, 5.41) is 0. The molecule has 132 valence electrons. The minimum absolute atomic E-state index is 0.0262. The van der Waals surface area contributed by atoms with Gasteiger partial charge < -0.3 is 9.64 Å². The summed E-state index contributed by atoms with van der Waals surface area (Å²) in [4.78, 5) is 22.6. The van der Waals surface area contributed by atoms with E-state index in [1.165, 1.54) is 12.8 Å². The molecule has 0 saturated carbocycles. The molecule has 4 heterocycles. The van der Waals surface area contributed by atoms with E-state index in [1.54, 1.807) is 6.20 Å². The van der Waals surface area contributed by atoms with Gasteiger partial charge in [-0.2, -0.15) is 0 Å². The molecule has 2 fully saturated rings. The first-order valence-electron chi connectivity index (χ1n) is 8.97. The smallest absolute Gasteiger partial charge is 0.225 e. The third-order valence-electron chi connectivity index (χ3n) is 4.76. The summed E-state index contributed by atoms with van der Waals surface area (Å²) in [5.74, 6) is 0.865. The van der Waals surface area contributed by atoms with Gasteiger partial charge in [0.2, 0.25) is 5.95 Å². The number of morpholine rings is 1. The van der Waals surface area contributed by atoms with Crippen LogP contribution in [-0.4, -0.2) is 57.6 Å². The summed E-state index contributed by atoms with van der Waals surface area (Å²) in [6, 6.07) is 2.01. The normalized spacial score (nSPS) is 21.6. The number of nitrogens with zero attached hydrogens (tertiary/aromatic N) is 6. The quantitative estimate of drug-likeness (QED) is 0.840. The van der Waals surface area contributed by atoms with E-state index in [-0.39, 0.29) is 6.10 Å². The minimum Gasteiger partial charge on any atom is -0.369 e. The van der Waals surface area contributed by atoms with Crippen LogP contribution in [0.3, 0.4) is 0 Å². The Labute approximate surface area is 148 Å². The zero-order valence-corrected chi connectivity index (χ0v) is 14.6. The van der Waals surface area contributed by atoms with Crippen LogP contribution >= 0.6 is 0 Å². The van der Waals surface area contributed by atoms with Crippen molar-refractivity contribution >= 4 is 5.95 Å². The second-order valence-corrected chi connectivity index (χ2v) is 6.72. The number of aromatic nitrogens is 4. The Morgan fingerprint density at radius 2 is 2.00 bits per heavy atom.